The summed E-state index contributed by atoms with van der Waals surface area (Å²) in [4.78, 5) is 0. The minimum Gasteiger partial charge on any atom is -0.380 e. The minimum absolute atomic E-state index is 0.390. The first-order valence-corrected chi connectivity index (χ1v) is 6.55. The molecule has 1 atom stereocenters. The molecule has 0 spiro atoms. The summed E-state index contributed by atoms with van der Waals surface area (Å²) in [6, 6.07) is 4.65. The van der Waals surface area contributed by atoms with Crippen LogP contribution in [-0.2, 0) is 11.3 Å². The maximum absolute atomic E-state index is 5.64. The fourth-order valence-electron chi connectivity index (χ4n) is 1.76. The van der Waals surface area contributed by atoms with Gasteiger partial charge in [-0.2, -0.15) is 0 Å². The molecule has 1 rings (SSSR count). The molecule has 0 saturated heterocycles. The van der Waals surface area contributed by atoms with Crippen LogP contribution in [0.1, 0.15) is 38.9 Å². The van der Waals surface area contributed by atoms with Gasteiger partial charge in [0.2, 0.25) is 0 Å². The van der Waals surface area contributed by atoms with Gasteiger partial charge >= 0.3 is 0 Å². The van der Waals surface area contributed by atoms with E-state index in [1.54, 1.807) is 0 Å². The van der Waals surface area contributed by atoms with Gasteiger partial charge in [0.1, 0.15) is 0 Å². The lowest BCUT2D eigenvalue weighted by atomic mass is 10.1. The van der Waals surface area contributed by atoms with Gasteiger partial charge < -0.3 is 14.6 Å². The molecule has 98 valence electrons. The predicted octanol–water partition coefficient (Wildman–Crippen LogP) is 2.83. The van der Waals surface area contributed by atoms with Crippen LogP contribution < -0.4 is 5.32 Å². The highest BCUT2D eigenvalue weighted by Crippen LogP contribution is 2.12. The van der Waals surface area contributed by atoms with Crippen LogP contribution in [0.5, 0.6) is 0 Å². The highest BCUT2D eigenvalue weighted by atomic mass is 16.5. The summed E-state index contributed by atoms with van der Waals surface area (Å²) in [7, 11) is 1.99. The van der Waals surface area contributed by atoms with Gasteiger partial charge in [-0.05, 0) is 38.4 Å². The van der Waals surface area contributed by atoms with Gasteiger partial charge in [0.15, 0.2) is 0 Å². The third-order valence-electron chi connectivity index (χ3n) is 3.06. The molecular formula is C14H26N2O. The molecule has 3 nitrogen and oxygen atoms in total. The first-order chi connectivity index (χ1) is 8.15. The van der Waals surface area contributed by atoms with E-state index in [-0.39, 0.29) is 0 Å². The van der Waals surface area contributed by atoms with Crippen molar-refractivity contribution in [2.75, 3.05) is 20.3 Å². The van der Waals surface area contributed by atoms with Crippen molar-refractivity contribution in [3.05, 3.63) is 24.0 Å². The SMILES string of the molecule is CNC(C)c1cccn1CCOCCC(C)C. The van der Waals surface area contributed by atoms with Gasteiger partial charge in [-0.1, -0.05) is 13.8 Å². The minimum atomic E-state index is 0.390. The van der Waals surface area contributed by atoms with Gasteiger partial charge in [-0.3, -0.25) is 0 Å². The van der Waals surface area contributed by atoms with E-state index in [4.69, 9.17) is 4.74 Å². The zero-order chi connectivity index (χ0) is 12.7. The van der Waals surface area contributed by atoms with Crippen molar-refractivity contribution in [3.63, 3.8) is 0 Å². The van der Waals surface area contributed by atoms with E-state index < -0.39 is 0 Å². The molecule has 17 heavy (non-hydrogen) atoms. The summed E-state index contributed by atoms with van der Waals surface area (Å²) in [5.74, 6) is 0.724. The molecule has 0 aliphatic heterocycles. The molecule has 0 saturated carbocycles. The smallest absolute Gasteiger partial charge is 0.0645 e. The quantitative estimate of drug-likeness (QED) is 0.705. The topological polar surface area (TPSA) is 26.2 Å². The summed E-state index contributed by atoms with van der Waals surface area (Å²) >= 11 is 0. The zero-order valence-electron chi connectivity index (χ0n) is 11.6. The van der Waals surface area contributed by atoms with Gasteiger partial charge in [0.25, 0.3) is 0 Å². The summed E-state index contributed by atoms with van der Waals surface area (Å²) in [5, 5.41) is 3.26. The molecule has 1 unspecified atom stereocenters. The molecule has 1 N–H and O–H groups in total. The Balaban J connectivity index is 2.29. The first-order valence-electron chi connectivity index (χ1n) is 6.55. The lowest BCUT2D eigenvalue weighted by molar-refractivity contribution is 0.115. The number of hydrogen-bond donors (Lipinski definition) is 1. The maximum atomic E-state index is 5.64. The molecule has 0 aromatic carbocycles. The van der Waals surface area contributed by atoms with Crippen LogP contribution in [0.3, 0.4) is 0 Å². The fourth-order valence-corrected chi connectivity index (χ4v) is 1.76. The van der Waals surface area contributed by atoms with E-state index >= 15 is 0 Å². The van der Waals surface area contributed by atoms with Gasteiger partial charge in [-0.25, -0.2) is 0 Å². The van der Waals surface area contributed by atoms with Crippen LogP contribution in [0.15, 0.2) is 18.3 Å². The van der Waals surface area contributed by atoms with Crippen molar-refractivity contribution in [1.82, 2.24) is 9.88 Å². The molecular weight excluding hydrogens is 212 g/mol. The standard InChI is InChI=1S/C14H26N2O/c1-12(2)7-10-17-11-9-16-8-5-6-14(16)13(3)15-4/h5-6,8,12-13,15H,7,9-11H2,1-4H3. The summed E-state index contributed by atoms with van der Waals surface area (Å²) in [6.07, 6.45) is 3.26. The Kier molecular flexibility index (Phi) is 6.30. The van der Waals surface area contributed by atoms with E-state index in [1.165, 1.54) is 5.69 Å². The van der Waals surface area contributed by atoms with Crippen LogP contribution in [-0.4, -0.2) is 24.8 Å². The molecule has 0 aliphatic rings. The van der Waals surface area contributed by atoms with E-state index in [0.717, 1.165) is 32.1 Å². The van der Waals surface area contributed by atoms with Crippen molar-refractivity contribution in [3.8, 4) is 0 Å². The first kappa shape index (κ1) is 14.3. The lowest BCUT2D eigenvalue weighted by Gasteiger charge is -2.15. The third-order valence-corrected chi connectivity index (χ3v) is 3.06. The number of hydrogen-bond acceptors (Lipinski definition) is 2. The van der Waals surface area contributed by atoms with Crippen molar-refractivity contribution in [2.24, 2.45) is 5.92 Å². The summed E-state index contributed by atoms with van der Waals surface area (Å²) in [5.41, 5.74) is 1.32. The molecule has 0 aliphatic carbocycles. The molecule has 1 heterocycles. The molecule has 0 bridgehead atoms. The van der Waals surface area contributed by atoms with Crippen LogP contribution in [0, 0.1) is 5.92 Å². The monoisotopic (exact) mass is 238 g/mol. The van der Waals surface area contributed by atoms with E-state index in [2.05, 4.69) is 49.0 Å². The largest absolute Gasteiger partial charge is 0.380 e. The molecule has 0 radical (unpaired) electrons. The van der Waals surface area contributed by atoms with Crippen LogP contribution in [0.25, 0.3) is 0 Å². The highest BCUT2D eigenvalue weighted by Gasteiger charge is 2.07. The van der Waals surface area contributed by atoms with Crippen LogP contribution >= 0.6 is 0 Å². The van der Waals surface area contributed by atoms with Crippen molar-refractivity contribution < 1.29 is 4.74 Å². The van der Waals surface area contributed by atoms with E-state index in [1.807, 2.05) is 7.05 Å². The third kappa shape index (κ3) is 4.92. The second-order valence-electron chi connectivity index (χ2n) is 4.93. The number of aromatic nitrogens is 1. The highest BCUT2D eigenvalue weighted by molar-refractivity contribution is 5.11. The fraction of sp³-hybridized carbons (Fsp3) is 0.714. The van der Waals surface area contributed by atoms with Crippen LogP contribution in [0.4, 0.5) is 0 Å². The Morgan fingerprint density at radius 3 is 2.71 bits per heavy atom. The molecule has 0 amide bonds. The molecule has 1 aromatic heterocycles. The average Bonchev–Trinajstić information content (AvgIpc) is 2.75. The van der Waals surface area contributed by atoms with Gasteiger partial charge in [0, 0.05) is 31.1 Å². The average molecular weight is 238 g/mol. The summed E-state index contributed by atoms with van der Waals surface area (Å²) < 4.78 is 7.91. The molecule has 3 heteroatoms. The van der Waals surface area contributed by atoms with E-state index in [0.29, 0.717) is 6.04 Å². The number of nitrogens with one attached hydrogen (secondary N) is 1. The Morgan fingerprint density at radius 1 is 1.29 bits per heavy atom. The Hall–Kier alpha value is -0.800. The summed E-state index contributed by atoms with van der Waals surface area (Å²) in [6.45, 7) is 9.22. The normalized spacial score (nSPS) is 13.2. The Morgan fingerprint density at radius 2 is 2.06 bits per heavy atom. The molecule has 1 aromatic rings. The van der Waals surface area contributed by atoms with Crippen molar-refractivity contribution >= 4 is 0 Å². The van der Waals surface area contributed by atoms with Gasteiger partial charge in [0.05, 0.1) is 6.61 Å². The second kappa shape index (κ2) is 7.51. The number of rotatable bonds is 8. The Labute approximate surface area is 105 Å². The Bertz CT molecular complexity index is 307. The number of ether oxygens (including phenoxy) is 1. The van der Waals surface area contributed by atoms with E-state index in [9.17, 15) is 0 Å². The van der Waals surface area contributed by atoms with Crippen LogP contribution in [0.2, 0.25) is 0 Å². The molecule has 0 fully saturated rings. The number of nitrogens with zero attached hydrogens (tertiary/aromatic N) is 1. The zero-order valence-corrected chi connectivity index (χ0v) is 11.6. The second-order valence-corrected chi connectivity index (χ2v) is 4.93. The van der Waals surface area contributed by atoms with Crippen molar-refractivity contribution in [1.29, 1.82) is 0 Å². The predicted molar refractivity (Wildman–Crippen MR) is 72.2 cm³/mol. The van der Waals surface area contributed by atoms with Gasteiger partial charge in [-0.15, -0.1) is 0 Å². The lowest BCUT2D eigenvalue weighted by Crippen LogP contribution is -2.18. The maximum Gasteiger partial charge on any atom is 0.0645 e. The van der Waals surface area contributed by atoms with Crippen molar-refractivity contribution in [2.45, 2.75) is 39.8 Å².